The van der Waals surface area contributed by atoms with Gasteiger partial charge in [0.2, 0.25) is 5.91 Å². The molecule has 7 nitrogen and oxygen atoms in total. The molecular formula is C20H27F2N3O4. The van der Waals surface area contributed by atoms with Crippen LogP contribution in [-0.2, 0) is 15.1 Å². The molecular weight excluding hydrogens is 384 g/mol. The van der Waals surface area contributed by atoms with Gasteiger partial charge in [-0.25, -0.2) is 4.79 Å². The van der Waals surface area contributed by atoms with Crippen LogP contribution in [0.1, 0.15) is 46.1 Å². The Morgan fingerprint density at radius 2 is 1.79 bits per heavy atom. The molecule has 0 spiro atoms. The molecule has 2 rings (SSSR count). The molecule has 0 bridgehead atoms. The third-order valence-electron chi connectivity index (χ3n) is 4.82. The molecule has 160 valence electrons. The molecule has 1 heterocycles. The van der Waals surface area contributed by atoms with Gasteiger partial charge in [0.05, 0.1) is 0 Å². The zero-order valence-corrected chi connectivity index (χ0v) is 17.0. The molecule has 1 aromatic rings. The van der Waals surface area contributed by atoms with Crippen molar-refractivity contribution in [3.05, 3.63) is 29.8 Å². The second kappa shape index (κ2) is 9.19. The van der Waals surface area contributed by atoms with Crippen molar-refractivity contribution in [1.82, 2.24) is 15.5 Å². The van der Waals surface area contributed by atoms with Crippen LogP contribution in [-0.4, -0.2) is 41.9 Å². The lowest BCUT2D eigenvalue weighted by atomic mass is 9.92. The van der Waals surface area contributed by atoms with Gasteiger partial charge in [0.25, 0.3) is 5.91 Å². The van der Waals surface area contributed by atoms with E-state index in [0.717, 1.165) is 17.7 Å². The number of hydrogen-bond acceptors (Lipinski definition) is 4. The highest BCUT2D eigenvalue weighted by molar-refractivity contribution is 6.09. The van der Waals surface area contributed by atoms with Gasteiger partial charge in [-0.1, -0.05) is 26.0 Å². The van der Waals surface area contributed by atoms with E-state index in [-0.39, 0.29) is 11.8 Å². The van der Waals surface area contributed by atoms with Gasteiger partial charge in [0.15, 0.2) is 0 Å². The topological polar surface area (TPSA) is 87.7 Å². The van der Waals surface area contributed by atoms with Crippen LogP contribution < -0.4 is 15.4 Å². The monoisotopic (exact) mass is 411 g/mol. The fourth-order valence-corrected chi connectivity index (χ4v) is 3.13. The van der Waals surface area contributed by atoms with Crippen molar-refractivity contribution in [2.45, 2.75) is 58.7 Å². The Bertz CT molecular complexity index is 755. The number of rotatable bonds is 9. The van der Waals surface area contributed by atoms with E-state index < -0.39 is 36.5 Å². The maximum atomic E-state index is 12.8. The van der Waals surface area contributed by atoms with Crippen molar-refractivity contribution < 1.29 is 27.9 Å². The van der Waals surface area contributed by atoms with E-state index in [0.29, 0.717) is 11.5 Å². The number of nitrogens with one attached hydrogen (secondary N) is 2. The van der Waals surface area contributed by atoms with Crippen molar-refractivity contribution in [1.29, 1.82) is 0 Å². The highest BCUT2D eigenvalue weighted by Crippen LogP contribution is 2.30. The molecule has 1 aromatic carbocycles. The first-order valence-corrected chi connectivity index (χ1v) is 9.51. The molecule has 1 aliphatic heterocycles. The second-order valence-corrected chi connectivity index (χ2v) is 7.79. The molecule has 0 aliphatic carbocycles. The zero-order chi connectivity index (χ0) is 21.8. The minimum Gasteiger partial charge on any atom is -0.435 e. The van der Waals surface area contributed by atoms with Crippen molar-refractivity contribution in [2.75, 3.05) is 6.54 Å². The number of halogens is 2. The van der Waals surface area contributed by atoms with Gasteiger partial charge in [-0.3, -0.25) is 14.5 Å². The molecule has 2 atom stereocenters. The predicted molar refractivity (Wildman–Crippen MR) is 102 cm³/mol. The Morgan fingerprint density at radius 1 is 1.17 bits per heavy atom. The number of alkyl halides is 2. The Morgan fingerprint density at radius 3 is 2.34 bits per heavy atom. The van der Waals surface area contributed by atoms with Crippen LogP contribution in [0.15, 0.2) is 24.3 Å². The zero-order valence-electron chi connectivity index (χ0n) is 17.0. The summed E-state index contributed by atoms with van der Waals surface area (Å²) >= 11 is 0. The highest BCUT2D eigenvalue weighted by Gasteiger charge is 2.49. The number of amides is 4. The maximum absolute atomic E-state index is 12.8. The molecule has 1 fully saturated rings. The van der Waals surface area contributed by atoms with Gasteiger partial charge in [0, 0.05) is 6.04 Å². The summed E-state index contributed by atoms with van der Waals surface area (Å²) in [4.78, 5) is 38.3. The first kappa shape index (κ1) is 22.6. The maximum Gasteiger partial charge on any atom is 0.387 e. The summed E-state index contributed by atoms with van der Waals surface area (Å²) in [5.41, 5.74) is -1.00. The van der Waals surface area contributed by atoms with Crippen LogP contribution in [0.3, 0.4) is 0 Å². The van der Waals surface area contributed by atoms with Crippen molar-refractivity contribution in [3.63, 3.8) is 0 Å². The van der Waals surface area contributed by atoms with Crippen LogP contribution in [0.5, 0.6) is 5.75 Å². The first-order valence-electron chi connectivity index (χ1n) is 9.51. The minimum atomic E-state index is -2.96. The standard InChI is InChI=1S/C20H27F2N3O4/c1-12(2)5-6-13(3)23-16(26)11-25-17(27)20(4,24-19(25)28)14-7-9-15(10-8-14)29-18(21)22/h7-10,12-13,18H,5-6,11H2,1-4H3,(H,23,26)(H,24,28)/t13-,20+/m0/s1. The van der Waals surface area contributed by atoms with Crippen molar-refractivity contribution in [3.8, 4) is 5.75 Å². The number of ether oxygens (including phenoxy) is 1. The van der Waals surface area contributed by atoms with Gasteiger partial charge in [-0.2, -0.15) is 8.78 Å². The molecule has 0 saturated carbocycles. The van der Waals surface area contributed by atoms with Crippen LogP contribution in [0.2, 0.25) is 0 Å². The van der Waals surface area contributed by atoms with Crippen LogP contribution in [0, 0.1) is 5.92 Å². The average molecular weight is 411 g/mol. The Kier molecular flexibility index (Phi) is 7.16. The lowest BCUT2D eigenvalue weighted by Crippen LogP contribution is -2.45. The third kappa shape index (κ3) is 5.65. The third-order valence-corrected chi connectivity index (χ3v) is 4.82. The lowest BCUT2D eigenvalue weighted by molar-refractivity contribution is -0.135. The average Bonchev–Trinajstić information content (AvgIpc) is 2.84. The van der Waals surface area contributed by atoms with Crippen molar-refractivity contribution in [2.24, 2.45) is 5.92 Å². The summed E-state index contributed by atoms with van der Waals surface area (Å²) < 4.78 is 28.9. The van der Waals surface area contributed by atoms with E-state index >= 15 is 0 Å². The summed E-state index contributed by atoms with van der Waals surface area (Å²) in [7, 11) is 0. The number of carbonyl (C=O) groups excluding carboxylic acids is 3. The SMILES string of the molecule is CC(C)CC[C@H](C)NC(=O)CN1C(=O)N[C@](C)(c2ccc(OC(F)F)cc2)C1=O. The second-order valence-electron chi connectivity index (χ2n) is 7.79. The number of nitrogens with zero attached hydrogens (tertiary/aromatic N) is 1. The summed E-state index contributed by atoms with van der Waals surface area (Å²) in [6.45, 7) is 4.21. The summed E-state index contributed by atoms with van der Waals surface area (Å²) in [5.74, 6) is -0.557. The number of benzene rings is 1. The van der Waals surface area contributed by atoms with E-state index in [1.807, 2.05) is 6.92 Å². The van der Waals surface area contributed by atoms with Gasteiger partial charge < -0.3 is 15.4 Å². The summed E-state index contributed by atoms with van der Waals surface area (Å²) in [5, 5.41) is 5.37. The first-order chi connectivity index (χ1) is 13.5. The van der Waals surface area contributed by atoms with E-state index in [1.54, 1.807) is 0 Å². The fourth-order valence-electron chi connectivity index (χ4n) is 3.13. The van der Waals surface area contributed by atoms with E-state index in [2.05, 4.69) is 29.2 Å². The molecule has 4 amide bonds. The van der Waals surface area contributed by atoms with Crippen molar-refractivity contribution >= 4 is 17.8 Å². The number of hydrogen-bond donors (Lipinski definition) is 2. The predicted octanol–water partition coefficient (Wildman–Crippen LogP) is 3.00. The molecule has 0 aromatic heterocycles. The summed E-state index contributed by atoms with van der Waals surface area (Å²) in [6.07, 6.45) is 1.75. The number of urea groups is 1. The van der Waals surface area contributed by atoms with Crippen LogP contribution >= 0.6 is 0 Å². The van der Waals surface area contributed by atoms with Gasteiger partial charge in [0.1, 0.15) is 17.8 Å². The smallest absolute Gasteiger partial charge is 0.387 e. The van der Waals surface area contributed by atoms with Gasteiger partial charge in [-0.15, -0.1) is 0 Å². The molecule has 29 heavy (non-hydrogen) atoms. The molecule has 0 unspecified atom stereocenters. The molecule has 9 heteroatoms. The molecule has 2 N–H and O–H groups in total. The largest absolute Gasteiger partial charge is 0.435 e. The molecule has 1 saturated heterocycles. The Balaban J connectivity index is 2.03. The molecule has 1 aliphatic rings. The van der Waals surface area contributed by atoms with E-state index in [9.17, 15) is 23.2 Å². The lowest BCUT2D eigenvalue weighted by Gasteiger charge is -2.22. The summed E-state index contributed by atoms with van der Waals surface area (Å²) in [6, 6.07) is 4.67. The van der Waals surface area contributed by atoms with Gasteiger partial charge >= 0.3 is 12.6 Å². The van der Waals surface area contributed by atoms with Gasteiger partial charge in [-0.05, 0) is 50.3 Å². The molecule has 0 radical (unpaired) electrons. The quantitative estimate of drug-likeness (QED) is 0.612. The Labute approximate surface area is 168 Å². The minimum absolute atomic E-state index is 0.0595. The Hall–Kier alpha value is -2.71. The van der Waals surface area contributed by atoms with Crippen LogP contribution in [0.25, 0.3) is 0 Å². The van der Waals surface area contributed by atoms with Crippen LogP contribution in [0.4, 0.5) is 13.6 Å². The van der Waals surface area contributed by atoms with E-state index in [1.165, 1.54) is 31.2 Å². The normalized spacial score (nSPS) is 20.2. The number of imide groups is 1. The fraction of sp³-hybridized carbons (Fsp3) is 0.550. The highest BCUT2D eigenvalue weighted by atomic mass is 19.3. The van der Waals surface area contributed by atoms with E-state index in [4.69, 9.17) is 0 Å². The number of carbonyl (C=O) groups is 3.